The van der Waals surface area contributed by atoms with E-state index in [1.165, 1.54) is 5.56 Å². The fourth-order valence-electron chi connectivity index (χ4n) is 3.35. The fraction of sp³-hybridized carbons (Fsp3) is 0.364. The number of carbonyl (C=O) groups is 1. The Kier molecular flexibility index (Phi) is 6.05. The summed E-state index contributed by atoms with van der Waals surface area (Å²) in [6.45, 7) is 6.20. The van der Waals surface area contributed by atoms with Crippen LogP contribution in [0.1, 0.15) is 38.1 Å². The van der Waals surface area contributed by atoms with Gasteiger partial charge in [-0.05, 0) is 30.5 Å². The molecule has 4 heteroatoms. The summed E-state index contributed by atoms with van der Waals surface area (Å²) in [6, 6.07) is 18.4. The number of aromatic nitrogens is 2. The Morgan fingerprint density at radius 3 is 2.31 bits per heavy atom. The molecule has 0 spiro atoms. The van der Waals surface area contributed by atoms with Crippen molar-refractivity contribution in [3.63, 3.8) is 0 Å². The molecule has 0 saturated carbocycles. The molecule has 0 saturated heterocycles. The first-order valence-corrected chi connectivity index (χ1v) is 9.48. The van der Waals surface area contributed by atoms with Crippen LogP contribution < -0.4 is 0 Å². The lowest BCUT2D eigenvalue weighted by Gasteiger charge is -2.22. The molecule has 4 nitrogen and oxygen atoms in total. The molecule has 0 bridgehead atoms. The predicted octanol–water partition coefficient (Wildman–Crippen LogP) is 4.28. The Balaban J connectivity index is 1.92. The van der Waals surface area contributed by atoms with Crippen LogP contribution in [-0.4, -0.2) is 33.4 Å². The predicted molar refractivity (Wildman–Crippen MR) is 106 cm³/mol. The van der Waals surface area contributed by atoms with Crippen LogP contribution in [0.15, 0.2) is 54.6 Å². The smallest absolute Gasteiger partial charge is 0.242 e. The second-order valence-electron chi connectivity index (χ2n) is 6.65. The topological polar surface area (TPSA) is 38.1 Å². The average molecular weight is 349 g/mol. The van der Waals surface area contributed by atoms with Crippen LogP contribution >= 0.6 is 0 Å². The second kappa shape index (κ2) is 8.65. The van der Waals surface area contributed by atoms with Crippen molar-refractivity contribution < 1.29 is 4.79 Å². The molecular weight excluding hydrogens is 322 g/mol. The summed E-state index contributed by atoms with van der Waals surface area (Å²) in [5, 5.41) is 0. The highest BCUT2D eigenvalue weighted by Gasteiger charge is 2.17. The summed E-state index contributed by atoms with van der Waals surface area (Å²) in [4.78, 5) is 19.7. The van der Waals surface area contributed by atoms with Crippen molar-refractivity contribution in [3.8, 4) is 0 Å². The first-order chi connectivity index (χ1) is 12.7. The molecule has 0 aliphatic heterocycles. The van der Waals surface area contributed by atoms with E-state index in [0.717, 1.165) is 49.2 Å². The second-order valence-corrected chi connectivity index (χ2v) is 6.65. The van der Waals surface area contributed by atoms with E-state index in [9.17, 15) is 4.79 Å². The van der Waals surface area contributed by atoms with E-state index in [1.807, 2.05) is 47.4 Å². The van der Waals surface area contributed by atoms with Crippen LogP contribution in [0.25, 0.3) is 11.0 Å². The molecule has 0 fully saturated rings. The lowest BCUT2D eigenvalue weighted by Crippen LogP contribution is -2.35. The van der Waals surface area contributed by atoms with Gasteiger partial charge in [0.15, 0.2) is 0 Å². The lowest BCUT2D eigenvalue weighted by atomic mass is 10.1. The number of amides is 1. The third-order valence-corrected chi connectivity index (χ3v) is 4.57. The van der Waals surface area contributed by atoms with Crippen molar-refractivity contribution in [1.29, 1.82) is 0 Å². The summed E-state index contributed by atoms with van der Waals surface area (Å²) < 4.78 is 2.09. The van der Waals surface area contributed by atoms with Crippen molar-refractivity contribution in [2.45, 2.75) is 39.7 Å². The molecule has 136 valence electrons. The van der Waals surface area contributed by atoms with Crippen LogP contribution in [0.4, 0.5) is 0 Å². The monoisotopic (exact) mass is 349 g/mol. The minimum absolute atomic E-state index is 0.172. The van der Waals surface area contributed by atoms with Crippen LogP contribution in [0.3, 0.4) is 0 Å². The molecule has 0 unspecified atom stereocenters. The zero-order valence-corrected chi connectivity index (χ0v) is 15.7. The zero-order valence-electron chi connectivity index (χ0n) is 15.7. The molecule has 1 heterocycles. The van der Waals surface area contributed by atoms with Gasteiger partial charge in [0.25, 0.3) is 0 Å². The minimum atomic E-state index is 0.172. The molecule has 0 aliphatic rings. The molecule has 2 aromatic carbocycles. The van der Waals surface area contributed by atoms with E-state index in [-0.39, 0.29) is 5.91 Å². The fourth-order valence-corrected chi connectivity index (χ4v) is 3.35. The largest absolute Gasteiger partial charge is 0.341 e. The molecule has 26 heavy (non-hydrogen) atoms. The van der Waals surface area contributed by atoms with E-state index in [0.29, 0.717) is 6.54 Å². The van der Waals surface area contributed by atoms with Gasteiger partial charge in [-0.2, -0.15) is 0 Å². The number of rotatable bonds is 8. The van der Waals surface area contributed by atoms with Gasteiger partial charge >= 0.3 is 0 Å². The molecular formula is C22H27N3O. The van der Waals surface area contributed by atoms with E-state index in [1.54, 1.807) is 0 Å². The van der Waals surface area contributed by atoms with Gasteiger partial charge in [0.05, 0.1) is 11.0 Å². The summed E-state index contributed by atoms with van der Waals surface area (Å²) in [7, 11) is 0. The van der Waals surface area contributed by atoms with Gasteiger partial charge in [-0.3, -0.25) is 4.79 Å². The lowest BCUT2D eigenvalue weighted by molar-refractivity contribution is -0.131. The van der Waals surface area contributed by atoms with Crippen molar-refractivity contribution in [2.75, 3.05) is 13.1 Å². The van der Waals surface area contributed by atoms with Gasteiger partial charge in [-0.1, -0.05) is 56.3 Å². The molecule has 3 rings (SSSR count). The van der Waals surface area contributed by atoms with E-state index in [2.05, 4.69) is 30.5 Å². The summed E-state index contributed by atoms with van der Waals surface area (Å²) >= 11 is 0. The molecule has 1 amide bonds. The van der Waals surface area contributed by atoms with Crippen molar-refractivity contribution in [2.24, 2.45) is 0 Å². The van der Waals surface area contributed by atoms with Crippen molar-refractivity contribution in [3.05, 3.63) is 66.0 Å². The Bertz CT molecular complexity index is 848. The van der Waals surface area contributed by atoms with Gasteiger partial charge in [-0.15, -0.1) is 0 Å². The Hall–Kier alpha value is -2.62. The van der Waals surface area contributed by atoms with Crippen LogP contribution in [0, 0.1) is 0 Å². The number of nitrogens with zero attached hydrogens (tertiary/aromatic N) is 3. The van der Waals surface area contributed by atoms with Crippen molar-refractivity contribution >= 4 is 16.9 Å². The third kappa shape index (κ3) is 4.13. The van der Waals surface area contributed by atoms with Gasteiger partial charge in [0.2, 0.25) is 5.91 Å². The van der Waals surface area contributed by atoms with Crippen LogP contribution in [0.2, 0.25) is 0 Å². The summed E-state index contributed by atoms with van der Waals surface area (Å²) in [6.07, 6.45) is 2.69. The normalized spacial score (nSPS) is 11.0. The molecule has 3 aromatic rings. The SMILES string of the molecule is CCCN(CCC)C(=O)Cn1c(Cc2ccccc2)nc2ccccc21. The number of para-hydroxylation sites is 2. The van der Waals surface area contributed by atoms with Crippen LogP contribution in [0.5, 0.6) is 0 Å². The Labute approximate surface area is 155 Å². The quantitative estimate of drug-likeness (QED) is 0.609. The van der Waals surface area contributed by atoms with Gasteiger partial charge < -0.3 is 9.47 Å². The first kappa shape index (κ1) is 18.2. The highest BCUT2D eigenvalue weighted by atomic mass is 16.2. The Morgan fingerprint density at radius 2 is 1.62 bits per heavy atom. The third-order valence-electron chi connectivity index (χ3n) is 4.57. The number of fused-ring (bicyclic) bond motifs is 1. The number of benzene rings is 2. The Morgan fingerprint density at radius 1 is 0.962 bits per heavy atom. The van der Waals surface area contributed by atoms with Crippen LogP contribution in [-0.2, 0) is 17.8 Å². The number of hydrogen-bond acceptors (Lipinski definition) is 2. The van der Waals surface area contributed by atoms with E-state index in [4.69, 9.17) is 4.98 Å². The number of carbonyl (C=O) groups excluding carboxylic acids is 1. The maximum atomic E-state index is 12.9. The van der Waals surface area contributed by atoms with E-state index >= 15 is 0 Å². The molecule has 0 N–H and O–H groups in total. The van der Waals surface area contributed by atoms with Gasteiger partial charge in [0, 0.05) is 19.5 Å². The number of hydrogen-bond donors (Lipinski definition) is 0. The maximum absolute atomic E-state index is 12.9. The van der Waals surface area contributed by atoms with Gasteiger partial charge in [0.1, 0.15) is 12.4 Å². The molecule has 0 atom stereocenters. The average Bonchev–Trinajstić information content (AvgIpc) is 2.99. The highest BCUT2D eigenvalue weighted by Crippen LogP contribution is 2.19. The minimum Gasteiger partial charge on any atom is -0.341 e. The highest BCUT2D eigenvalue weighted by molar-refractivity contribution is 5.81. The zero-order chi connectivity index (χ0) is 18.4. The first-order valence-electron chi connectivity index (χ1n) is 9.48. The molecule has 0 aliphatic carbocycles. The van der Waals surface area contributed by atoms with E-state index < -0.39 is 0 Å². The number of imidazole rings is 1. The maximum Gasteiger partial charge on any atom is 0.242 e. The summed E-state index contributed by atoms with van der Waals surface area (Å²) in [5.74, 6) is 1.12. The molecule has 1 aromatic heterocycles. The van der Waals surface area contributed by atoms with Gasteiger partial charge in [-0.25, -0.2) is 4.98 Å². The molecule has 0 radical (unpaired) electrons. The summed E-state index contributed by atoms with van der Waals surface area (Å²) in [5.41, 5.74) is 3.18. The standard InChI is InChI=1S/C22H27N3O/c1-3-14-24(15-4-2)22(26)17-25-20-13-9-8-12-19(20)23-21(25)16-18-10-6-5-7-11-18/h5-13H,3-4,14-17H2,1-2H3. The van der Waals surface area contributed by atoms with Crippen molar-refractivity contribution in [1.82, 2.24) is 14.5 Å².